The highest BCUT2D eigenvalue weighted by atomic mass is 32.2. The van der Waals surface area contributed by atoms with Crippen LogP contribution in [0.1, 0.15) is 46.0 Å². The maximum absolute atomic E-state index is 12.0. The normalized spacial score (nSPS) is 18.9. The van der Waals surface area contributed by atoms with E-state index in [1.807, 2.05) is 16.8 Å². The molecule has 1 aliphatic heterocycles. The lowest BCUT2D eigenvalue weighted by molar-refractivity contribution is -0.155. The zero-order chi connectivity index (χ0) is 14.1. The average molecular weight is 288 g/mol. The van der Waals surface area contributed by atoms with Gasteiger partial charge < -0.3 is 5.11 Å². The number of carbonyl (C=O) groups excluding carboxylic acids is 1. The first-order valence-corrected chi connectivity index (χ1v) is 8.61. The standard InChI is InChI=1S/C14H28N2O2S/c1-3-4-11-19-12-10-16-14(18)6-5-8-15(16)9-7-13(2)17/h13,17H,3-12H2,1-2H3. The minimum Gasteiger partial charge on any atom is -0.393 e. The molecule has 1 saturated heterocycles. The summed E-state index contributed by atoms with van der Waals surface area (Å²) < 4.78 is 0. The lowest BCUT2D eigenvalue weighted by Gasteiger charge is -2.38. The summed E-state index contributed by atoms with van der Waals surface area (Å²) in [7, 11) is 0. The highest BCUT2D eigenvalue weighted by molar-refractivity contribution is 7.99. The van der Waals surface area contributed by atoms with Crippen LogP contribution in [0.15, 0.2) is 0 Å². The third-order valence-electron chi connectivity index (χ3n) is 3.33. The molecule has 5 heteroatoms. The van der Waals surface area contributed by atoms with Crippen molar-refractivity contribution in [2.75, 3.05) is 31.1 Å². The Morgan fingerprint density at radius 3 is 2.84 bits per heavy atom. The zero-order valence-electron chi connectivity index (χ0n) is 12.3. The van der Waals surface area contributed by atoms with Gasteiger partial charge in [0.1, 0.15) is 0 Å². The number of rotatable bonds is 9. The Morgan fingerprint density at radius 2 is 2.16 bits per heavy atom. The molecule has 0 aromatic heterocycles. The minimum atomic E-state index is -0.294. The van der Waals surface area contributed by atoms with E-state index in [1.165, 1.54) is 18.6 Å². The van der Waals surface area contributed by atoms with Crippen LogP contribution in [0.2, 0.25) is 0 Å². The summed E-state index contributed by atoms with van der Waals surface area (Å²) in [5.41, 5.74) is 0. The van der Waals surface area contributed by atoms with Gasteiger partial charge >= 0.3 is 0 Å². The van der Waals surface area contributed by atoms with Gasteiger partial charge in [-0.1, -0.05) is 13.3 Å². The van der Waals surface area contributed by atoms with Crippen molar-refractivity contribution in [1.29, 1.82) is 0 Å². The second-order valence-corrected chi connectivity index (χ2v) is 6.40. The quantitative estimate of drug-likeness (QED) is 0.660. The maximum Gasteiger partial charge on any atom is 0.236 e. The number of hydrazine groups is 1. The van der Waals surface area contributed by atoms with Crippen LogP contribution in [0.4, 0.5) is 0 Å². The fourth-order valence-electron chi connectivity index (χ4n) is 2.15. The van der Waals surface area contributed by atoms with E-state index in [0.29, 0.717) is 6.42 Å². The smallest absolute Gasteiger partial charge is 0.236 e. The number of thioether (sulfide) groups is 1. The first-order chi connectivity index (χ1) is 9.15. The molecule has 1 unspecified atom stereocenters. The van der Waals surface area contributed by atoms with Crippen LogP contribution >= 0.6 is 11.8 Å². The predicted octanol–water partition coefficient (Wildman–Crippen LogP) is 2.13. The Kier molecular flexibility index (Phi) is 8.50. The van der Waals surface area contributed by atoms with Crippen molar-refractivity contribution in [3.05, 3.63) is 0 Å². The van der Waals surface area contributed by atoms with Crippen molar-refractivity contribution in [2.24, 2.45) is 0 Å². The molecule has 1 fully saturated rings. The molecule has 0 saturated carbocycles. The molecular weight excluding hydrogens is 260 g/mol. The number of hydrogen-bond acceptors (Lipinski definition) is 4. The molecule has 0 bridgehead atoms. The largest absolute Gasteiger partial charge is 0.393 e. The fraction of sp³-hybridized carbons (Fsp3) is 0.929. The van der Waals surface area contributed by atoms with E-state index in [2.05, 4.69) is 11.9 Å². The molecular formula is C14H28N2O2S. The van der Waals surface area contributed by atoms with Crippen LogP contribution in [0, 0.1) is 0 Å². The van der Waals surface area contributed by atoms with E-state index < -0.39 is 0 Å². The van der Waals surface area contributed by atoms with Gasteiger partial charge in [0, 0.05) is 31.8 Å². The number of hydrogen-bond donors (Lipinski definition) is 1. The number of nitrogens with zero attached hydrogens (tertiary/aromatic N) is 2. The summed E-state index contributed by atoms with van der Waals surface area (Å²) in [6, 6.07) is 0. The molecule has 1 N–H and O–H groups in total. The Morgan fingerprint density at radius 1 is 1.37 bits per heavy atom. The van der Waals surface area contributed by atoms with Gasteiger partial charge in [-0.05, 0) is 31.9 Å². The van der Waals surface area contributed by atoms with Crippen molar-refractivity contribution in [3.63, 3.8) is 0 Å². The Bertz CT molecular complexity index is 262. The third-order valence-corrected chi connectivity index (χ3v) is 4.38. The van der Waals surface area contributed by atoms with E-state index in [1.54, 1.807) is 6.92 Å². The fourth-order valence-corrected chi connectivity index (χ4v) is 3.15. The predicted molar refractivity (Wildman–Crippen MR) is 81.1 cm³/mol. The highest BCUT2D eigenvalue weighted by Crippen LogP contribution is 2.15. The molecule has 19 heavy (non-hydrogen) atoms. The SMILES string of the molecule is CCCCSCCN1C(=O)CCCN1CCC(C)O. The highest BCUT2D eigenvalue weighted by Gasteiger charge is 2.25. The molecule has 0 aromatic carbocycles. The first kappa shape index (κ1) is 16.8. The topological polar surface area (TPSA) is 43.8 Å². The molecule has 4 nitrogen and oxygen atoms in total. The number of unbranched alkanes of at least 4 members (excludes halogenated alkanes) is 1. The third kappa shape index (κ3) is 6.63. The second-order valence-electron chi connectivity index (χ2n) is 5.18. The summed E-state index contributed by atoms with van der Waals surface area (Å²) in [4.78, 5) is 12.0. The minimum absolute atomic E-state index is 0.243. The van der Waals surface area contributed by atoms with E-state index >= 15 is 0 Å². The van der Waals surface area contributed by atoms with Crippen molar-refractivity contribution in [1.82, 2.24) is 10.0 Å². The summed E-state index contributed by atoms with van der Waals surface area (Å²) >= 11 is 1.93. The molecule has 1 rings (SSSR count). The van der Waals surface area contributed by atoms with Gasteiger partial charge in [0.25, 0.3) is 0 Å². The van der Waals surface area contributed by atoms with Crippen molar-refractivity contribution in [2.45, 2.75) is 52.1 Å². The molecule has 1 amide bonds. The van der Waals surface area contributed by atoms with E-state index in [4.69, 9.17) is 0 Å². The van der Waals surface area contributed by atoms with Gasteiger partial charge in [0.2, 0.25) is 5.91 Å². The maximum atomic E-state index is 12.0. The second kappa shape index (κ2) is 9.61. The molecule has 0 spiro atoms. The first-order valence-electron chi connectivity index (χ1n) is 7.46. The van der Waals surface area contributed by atoms with Crippen LogP contribution in [-0.4, -0.2) is 58.3 Å². The summed E-state index contributed by atoms with van der Waals surface area (Å²) in [5.74, 6) is 2.44. The van der Waals surface area contributed by atoms with Gasteiger partial charge in [0.05, 0.1) is 6.10 Å². The van der Waals surface area contributed by atoms with Gasteiger partial charge in [-0.3, -0.25) is 9.80 Å². The van der Waals surface area contributed by atoms with E-state index in [0.717, 1.165) is 38.2 Å². The molecule has 112 valence electrons. The Labute approximate surface area is 121 Å². The molecule has 1 aliphatic rings. The average Bonchev–Trinajstić information content (AvgIpc) is 2.38. The molecule has 1 atom stereocenters. The summed E-state index contributed by atoms with van der Waals surface area (Å²) in [6.45, 7) is 6.54. The summed E-state index contributed by atoms with van der Waals surface area (Å²) in [6.07, 6.45) is 4.54. The van der Waals surface area contributed by atoms with Gasteiger partial charge in [-0.2, -0.15) is 11.8 Å². The number of aliphatic hydroxyl groups is 1. The Balaban J connectivity index is 2.32. The van der Waals surface area contributed by atoms with Crippen molar-refractivity contribution in [3.8, 4) is 0 Å². The van der Waals surface area contributed by atoms with Crippen LogP contribution in [0.3, 0.4) is 0 Å². The van der Waals surface area contributed by atoms with Crippen LogP contribution in [0.5, 0.6) is 0 Å². The van der Waals surface area contributed by atoms with Crippen molar-refractivity contribution >= 4 is 17.7 Å². The van der Waals surface area contributed by atoms with Gasteiger partial charge in [-0.25, -0.2) is 5.01 Å². The molecule has 1 heterocycles. The van der Waals surface area contributed by atoms with Crippen LogP contribution < -0.4 is 0 Å². The molecule has 0 aromatic rings. The van der Waals surface area contributed by atoms with Crippen LogP contribution in [-0.2, 0) is 4.79 Å². The molecule has 0 aliphatic carbocycles. The number of carbonyl (C=O) groups is 1. The van der Waals surface area contributed by atoms with Crippen molar-refractivity contribution < 1.29 is 9.90 Å². The number of aliphatic hydroxyl groups excluding tert-OH is 1. The number of amides is 1. The summed E-state index contributed by atoms with van der Waals surface area (Å²) in [5, 5.41) is 13.4. The molecule has 0 radical (unpaired) electrons. The lowest BCUT2D eigenvalue weighted by Crippen LogP contribution is -2.52. The van der Waals surface area contributed by atoms with E-state index in [9.17, 15) is 9.90 Å². The van der Waals surface area contributed by atoms with Crippen LogP contribution in [0.25, 0.3) is 0 Å². The van der Waals surface area contributed by atoms with E-state index in [-0.39, 0.29) is 12.0 Å². The lowest BCUT2D eigenvalue weighted by atomic mass is 10.2. The Hall–Kier alpha value is -0.260. The van der Waals surface area contributed by atoms with Gasteiger partial charge in [0.15, 0.2) is 0 Å². The van der Waals surface area contributed by atoms with Gasteiger partial charge in [-0.15, -0.1) is 0 Å². The monoisotopic (exact) mass is 288 g/mol. The zero-order valence-corrected chi connectivity index (χ0v) is 13.1.